The van der Waals surface area contributed by atoms with Crippen molar-refractivity contribution in [2.75, 3.05) is 38.4 Å². The summed E-state index contributed by atoms with van der Waals surface area (Å²) < 4.78 is 10.7. The van der Waals surface area contributed by atoms with E-state index in [4.69, 9.17) is 9.47 Å². The second-order valence-electron chi connectivity index (χ2n) is 8.53. The number of methoxy groups -OCH3 is 2. The molecular weight excluding hydrogens is 442 g/mol. The number of amides is 2. The first-order valence-corrected chi connectivity index (χ1v) is 11.5. The molecule has 2 N–H and O–H groups in total. The van der Waals surface area contributed by atoms with Crippen LogP contribution >= 0.6 is 0 Å². The van der Waals surface area contributed by atoms with Gasteiger partial charge in [0.1, 0.15) is 11.5 Å². The number of nitrogens with zero attached hydrogens (tertiary/aromatic N) is 1. The Morgan fingerprint density at radius 1 is 0.886 bits per heavy atom. The van der Waals surface area contributed by atoms with Crippen LogP contribution in [0.3, 0.4) is 0 Å². The average molecular weight is 476 g/mol. The van der Waals surface area contributed by atoms with E-state index in [1.54, 1.807) is 50.6 Å². The van der Waals surface area contributed by atoms with Crippen molar-refractivity contribution in [1.82, 2.24) is 4.90 Å². The van der Waals surface area contributed by atoms with Crippen LogP contribution in [0.1, 0.15) is 33.5 Å². The Bertz CT molecular complexity index is 1150. The molecule has 35 heavy (non-hydrogen) atoms. The average Bonchev–Trinajstić information content (AvgIpc) is 2.83. The number of benzene rings is 3. The minimum Gasteiger partial charge on any atom is -0.496 e. The van der Waals surface area contributed by atoms with Crippen molar-refractivity contribution in [3.8, 4) is 11.5 Å². The first-order valence-electron chi connectivity index (χ1n) is 11.5. The second kappa shape index (κ2) is 12.0. The summed E-state index contributed by atoms with van der Waals surface area (Å²) in [6.07, 6.45) is 0.362. The Labute approximate surface area is 207 Å². The predicted molar refractivity (Wildman–Crippen MR) is 139 cm³/mol. The van der Waals surface area contributed by atoms with Crippen LogP contribution in [0.5, 0.6) is 11.5 Å². The summed E-state index contributed by atoms with van der Waals surface area (Å²) in [5.41, 5.74) is 5.13. The van der Waals surface area contributed by atoms with Gasteiger partial charge in [0.25, 0.3) is 5.91 Å². The maximum atomic E-state index is 12.6. The molecule has 0 unspecified atom stereocenters. The van der Waals surface area contributed by atoms with Crippen LogP contribution in [-0.2, 0) is 11.3 Å². The highest BCUT2D eigenvalue weighted by Gasteiger charge is 2.11. The van der Waals surface area contributed by atoms with Gasteiger partial charge in [-0.15, -0.1) is 0 Å². The number of nitrogens with one attached hydrogen (secondary N) is 2. The highest BCUT2D eigenvalue weighted by molar-refractivity contribution is 6.05. The van der Waals surface area contributed by atoms with Gasteiger partial charge in [-0.1, -0.05) is 24.3 Å². The number of para-hydroxylation sites is 2. The highest BCUT2D eigenvalue weighted by Crippen LogP contribution is 2.25. The quantitative estimate of drug-likeness (QED) is 0.430. The van der Waals surface area contributed by atoms with Gasteiger partial charge in [0.05, 0.1) is 19.9 Å². The molecule has 0 atom stereocenters. The van der Waals surface area contributed by atoms with Crippen LogP contribution in [0.2, 0.25) is 0 Å². The first-order chi connectivity index (χ1) is 16.8. The summed E-state index contributed by atoms with van der Waals surface area (Å²) >= 11 is 0. The molecule has 0 aliphatic heterocycles. The van der Waals surface area contributed by atoms with E-state index in [1.807, 2.05) is 33.0 Å². The second-order valence-corrected chi connectivity index (χ2v) is 8.53. The number of carbonyl (C=O) groups is 2. The van der Waals surface area contributed by atoms with Gasteiger partial charge in [-0.05, 0) is 74.0 Å². The summed E-state index contributed by atoms with van der Waals surface area (Å²) in [6, 6.07) is 18.3. The molecule has 0 spiro atoms. The summed E-state index contributed by atoms with van der Waals surface area (Å²) in [7, 11) is 5.24. The van der Waals surface area contributed by atoms with Crippen molar-refractivity contribution in [2.24, 2.45) is 0 Å². The molecule has 0 bridgehead atoms. The molecule has 184 valence electrons. The molecule has 0 fully saturated rings. The van der Waals surface area contributed by atoms with Crippen LogP contribution < -0.4 is 20.1 Å². The highest BCUT2D eigenvalue weighted by atomic mass is 16.5. The number of rotatable bonds is 10. The van der Waals surface area contributed by atoms with Crippen molar-refractivity contribution in [3.05, 3.63) is 82.9 Å². The third kappa shape index (κ3) is 7.07. The van der Waals surface area contributed by atoms with Crippen LogP contribution in [0.4, 0.5) is 11.4 Å². The molecule has 3 aromatic rings. The zero-order valence-electron chi connectivity index (χ0n) is 21.0. The van der Waals surface area contributed by atoms with Crippen LogP contribution in [-0.4, -0.2) is 44.5 Å². The summed E-state index contributed by atoms with van der Waals surface area (Å²) in [5.74, 6) is 1.18. The normalized spacial score (nSPS) is 10.7. The molecule has 3 aromatic carbocycles. The van der Waals surface area contributed by atoms with Gasteiger partial charge in [-0.25, -0.2) is 0 Å². The largest absolute Gasteiger partial charge is 0.496 e. The monoisotopic (exact) mass is 475 g/mol. The molecule has 0 saturated heterocycles. The van der Waals surface area contributed by atoms with Crippen molar-refractivity contribution in [1.29, 1.82) is 0 Å². The molecule has 0 aliphatic carbocycles. The molecule has 7 heteroatoms. The number of anilines is 2. The van der Waals surface area contributed by atoms with Gasteiger partial charge in [-0.3, -0.25) is 9.59 Å². The summed E-state index contributed by atoms with van der Waals surface area (Å²) in [6.45, 7) is 5.44. The first kappa shape index (κ1) is 25.8. The third-order valence-corrected chi connectivity index (χ3v) is 5.68. The lowest BCUT2D eigenvalue weighted by Gasteiger charge is -2.18. The van der Waals surface area contributed by atoms with Gasteiger partial charge >= 0.3 is 0 Å². The maximum absolute atomic E-state index is 12.6. The van der Waals surface area contributed by atoms with Gasteiger partial charge < -0.3 is 25.0 Å². The molecule has 2 amide bonds. The Kier molecular flexibility index (Phi) is 8.86. The fourth-order valence-corrected chi connectivity index (χ4v) is 4.01. The fourth-order valence-electron chi connectivity index (χ4n) is 4.01. The lowest BCUT2D eigenvalue weighted by Crippen LogP contribution is -2.24. The van der Waals surface area contributed by atoms with Gasteiger partial charge in [-0.2, -0.15) is 0 Å². The molecule has 0 radical (unpaired) electrons. The van der Waals surface area contributed by atoms with E-state index in [1.165, 1.54) is 5.56 Å². The third-order valence-electron chi connectivity index (χ3n) is 5.68. The van der Waals surface area contributed by atoms with E-state index in [-0.39, 0.29) is 11.8 Å². The van der Waals surface area contributed by atoms with Crippen LogP contribution in [0, 0.1) is 13.8 Å². The molecule has 7 nitrogen and oxygen atoms in total. The lowest BCUT2D eigenvalue weighted by atomic mass is 10.1. The van der Waals surface area contributed by atoms with E-state index < -0.39 is 0 Å². The van der Waals surface area contributed by atoms with Crippen molar-refractivity contribution in [2.45, 2.75) is 26.8 Å². The Hall–Kier alpha value is -3.84. The zero-order chi connectivity index (χ0) is 25.4. The van der Waals surface area contributed by atoms with Crippen LogP contribution in [0.15, 0.2) is 60.7 Å². The molecule has 3 rings (SSSR count). The van der Waals surface area contributed by atoms with E-state index in [0.29, 0.717) is 35.7 Å². The van der Waals surface area contributed by atoms with Crippen molar-refractivity contribution in [3.63, 3.8) is 0 Å². The molecular formula is C28H33N3O4. The van der Waals surface area contributed by atoms with Crippen molar-refractivity contribution < 1.29 is 19.1 Å². The molecule has 0 aromatic heterocycles. The number of aryl methyl sites for hydroxylation is 2. The predicted octanol–water partition coefficient (Wildman–Crippen LogP) is 5.03. The smallest absolute Gasteiger partial charge is 0.255 e. The van der Waals surface area contributed by atoms with Gasteiger partial charge in [0, 0.05) is 30.8 Å². The van der Waals surface area contributed by atoms with E-state index in [9.17, 15) is 9.59 Å². The summed E-state index contributed by atoms with van der Waals surface area (Å²) in [5, 5.41) is 5.73. The molecule has 0 heterocycles. The Balaban J connectivity index is 1.49. The van der Waals surface area contributed by atoms with Gasteiger partial charge in [0.15, 0.2) is 0 Å². The Morgan fingerprint density at radius 2 is 1.54 bits per heavy atom. The molecule has 0 aliphatic rings. The lowest BCUT2D eigenvalue weighted by molar-refractivity contribution is -0.116. The van der Waals surface area contributed by atoms with E-state index in [0.717, 1.165) is 23.4 Å². The number of hydrogen-bond acceptors (Lipinski definition) is 5. The van der Waals surface area contributed by atoms with Crippen molar-refractivity contribution >= 4 is 23.2 Å². The maximum Gasteiger partial charge on any atom is 0.255 e. The molecule has 0 saturated carbocycles. The minimum atomic E-state index is -0.252. The number of hydrogen-bond donors (Lipinski definition) is 2. The number of carbonyl (C=O) groups excluding carboxylic acids is 2. The van der Waals surface area contributed by atoms with E-state index >= 15 is 0 Å². The van der Waals surface area contributed by atoms with Gasteiger partial charge in [0.2, 0.25) is 5.91 Å². The zero-order valence-corrected chi connectivity index (χ0v) is 21.0. The SMILES string of the molecule is COc1ccccc1NC(=O)c1ccc(NC(=O)CCN(C)Cc2cc(C)c(OC)c(C)c2)cc1. The minimum absolute atomic E-state index is 0.0786. The Morgan fingerprint density at radius 3 is 2.17 bits per heavy atom. The fraction of sp³-hybridized carbons (Fsp3) is 0.286. The summed E-state index contributed by atoms with van der Waals surface area (Å²) in [4.78, 5) is 27.1. The number of ether oxygens (including phenoxy) is 2. The van der Waals surface area contributed by atoms with E-state index in [2.05, 4.69) is 27.7 Å². The standard InChI is InChI=1S/C28H33N3O4/c1-19-16-21(17-20(2)27(19)35-5)18-31(3)15-14-26(32)29-23-12-10-22(11-13-23)28(33)30-24-8-6-7-9-25(24)34-4/h6-13,16-17H,14-15,18H2,1-5H3,(H,29,32)(H,30,33). The van der Waals surface area contributed by atoms with Crippen LogP contribution in [0.25, 0.3) is 0 Å². The topological polar surface area (TPSA) is 79.9 Å².